The van der Waals surface area contributed by atoms with Crippen molar-refractivity contribution in [3.05, 3.63) is 34.2 Å². The van der Waals surface area contributed by atoms with E-state index in [9.17, 15) is 9.59 Å². The number of pyridine rings is 1. The third-order valence-corrected chi connectivity index (χ3v) is 2.74. The van der Waals surface area contributed by atoms with Crippen molar-refractivity contribution in [2.45, 2.75) is 19.4 Å². The monoisotopic (exact) mass is 223 g/mol. The zero-order valence-corrected chi connectivity index (χ0v) is 9.78. The van der Waals surface area contributed by atoms with Gasteiger partial charge in [0, 0.05) is 31.4 Å². The van der Waals surface area contributed by atoms with Gasteiger partial charge in [-0.25, -0.2) is 0 Å². The van der Waals surface area contributed by atoms with Crippen LogP contribution in [-0.2, 0) is 0 Å². The summed E-state index contributed by atoms with van der Waals surface area (Å²) in [6.07, 6.45) is 1.41. The van der Waals surface area contributed by atoms with Gasteiger partial charge < -0.3 is 15.6 Å². The van der Waals surface area contributed by atoms with Crippen molar-refractivity contribution >= 4 is 5.91 Å². The fraction of sp³-hybridized carbons (Fsp3) is 0.455. The van der Waals surface area contributed by atoms with Crippen LogP contribution in [0.5, 0.6) is 0 Å². The fourth-order valence-corrected chi connectivity index (χ4v) is 1.15. The molecule has 16 heavy (non-hydrogen) atoms. The quantitative estimate of drug-likeness (QED) is 0.767. The zero-order valence-electron chi connectivity index (χ0n) is 9.78. The average molecular weight is 223 g/mol. The molecule has 3 N–H and O–H groups in total. The van der Waals surface area contributed by atoms with Crippen molar-refractivity contribution in [1.29, 1.82) is 0 Å². The van der Waals surface area contributed by atoms with Gasteiger partial charge in [0.25, 0.3) is 5.91 Å². The van der Waals surface area contributed by atoms with Crippen LogP contribution in [0, 0.1) is 0 Å². The van der Waals surface area contributed by atoms with Crippen LogP contribution in [0.3, 0.4) is 0 Å². The molecule has 1 aromatic rings. The first kappa shape index (κ1) is 12.4. The fourth-order valence-electron chi connectivity index (χ4n) is 1.15. The lowest BCUT2D eigenvalue weighted by Crippen LogP contribution is -2.50. The molecule has 0 saturated carbocycles. The Hall–Kier alpha value is -1.62. The molecule has 0 fully saturated rings. The number of nitrogens with one attached hydrogen (secondary N) is 1. The van der Waals surface area contributed by atoms with E-state index in [4.69, 9.17) is 5.73 Å². The maximum absolute atomic E-state index is 12.0. The van der Waals surface area contributed by atoms with Gasteiger partial charge in [-0.05, 0) is 19.9 Å². The van der Waals surface area contributed by atoms with Gasteiger partial charge in [-0.15, -0.1) is 0 Å². The first-order valence-corrected chi connectivity index (χ1v) is 5.05. The largest absolute Gasteiger partial charge is 0.335 e. The van der Waals surface area contributed by atoms with Gasteiger partial charge in [0.05, 0.1) is 5.56 Å². The standard InChI is InChI=1S/C11H17N3O2/c1-11(2,7-12)14(3)10(16)8-4-5-9(15)13-6-8/h4-6H,7,12H2,1-3H3,(H,13,15). The minimum Gasteiger partial charge on any atom is -0.335 e. The first-order valence-electron chi connectivity index (χ1n) is 5.05. The lowest BCUT2D eigenvalue weighted by molar-refractivity contribution is 0.0640. The highest BCUT2D eigenvalue weighted by molar-refractivity contribution is 5.94. The van der Waals surface area contributed by atoms with E-state index >= 15 is 0 Å². The summed E-state index contributed by atoms with van der Waals surface area (Å²) in [5, 5.41) is 0. The molecule has 1 rings (SSSR count). The van der Waals surface area contributed by atoms with Gasteiger partial charge in [-0.1, -0.05) is 0 Å². The summed E-state index contributed by atoms with van der Waals surface area (Å²) >= 11 is 0. The van der Waals surface area contributed by atoms with Gasteiger partial charge >= 0.3 is 0 Å². The summed E-state index contributed by atoms with van der Waals surface area (Å²) in [6.45, 7) is 4.14. The Morgan fingerprint density at radius 3 is 2.56 bits per heavy atom. The molecular weight excluding hydrogens is 206 g/mol. The second-order valence-corrected chi connectivity index (χ2v) is 4.32. The highest BCUT2D eigenvalue weighted by atomic mass is 16.2. The number of carbonyl (C=O) groups excluding carboxylic acids is 1. The Bertz CT molecular complexity index is 417. The number of hydrogen-bond donors (Lipinski definition) is 2. The average Bonchev–Trinajstić information content (AvgIpc) is 2.28. The van der Waals surface area contributed by atoms with Crippen molar-refractivity contribution < 1.29 is 4.79 Å². The molecule has 0 aliphatic heterocycles. The first-order chi connectivity index (χ1) is 7.38. The van der Waals surface area contributed by atoms with Gasteiger partial charge in [-0.3, -0.25) is 9.59 Å². The number of aromatic nitrogens is 1. The van der Waals surface area contributed by atoms with E-state index in [0.29, 0.717) is 12.1 Å². The van der Waals surface area contributed by atoms with Crippen LogP contribution in [0.2, 0.25) is 0 Å². The third-order valence-electron chi connectivity index (χ3n) is 2.74. The van der Waals surface area contributed by atoms with E-state index in [1.165, 1.54) is 18.3 Å². The van der Waals surface area contributed by atoms with Gasteiger partial charge in [-0.2, -0.15) is 0 Å². The Balaban J connectivity index is 2.94. The molecule has 0 bridgehead atoms. The molecule has 1 amide bonds. The predicted octanol–water partition coefficient (Wildman–Crippen LogP) is 0.184. The van der Waals surface area contributed by atoms with E-state index in [1.54, 1.807) is 11.9 Å². The van der Waals surface area contributed by atoms with Crippen molar-refractivity contribution in [1.82, 2.24) is 9.88 Å². The SMILES string of the molecule is CN(C(=O)c1ccc(=O)[nH]c1)C(C)(C)CN. The molecule has 1 aromatic heterocycles. The molecule has 5 heteroatoms. The second kappa shape index (κ2) is 4.49. The highest BCUT2D eigenvalue weighted by Crippen LogP contribution is 2.13. The third kappa shape index (κ3) is 2.49. The molecular formula is C11H17N3O2. The van der Waals surface area contributed by atoms with Crippen LogP contribution in [0.15, 0.2) is 23.1 Å². The van der Waals surface area contributed by atoms with Crippen LogP contribution in [0.4, 0.5) is 0 Å². The summed E-state index contributed by atoms with van der Waals surface area (Å²) in [6, 6.07) is 2.83. The zero-order chi connectivity index (χ0) is 12.3. The molecule has 88 valence electrons. The normalized spacial score (nSPS) is 11.2. The van der Waals surface area contributed by atoms with Crippen LogP contribution in [0.1, 0.15) is 24.2 Å². The number of rotatable bonds is 3. The number of H-pyrrole nitrogens is 1. The van der Waals surface area contributed by atoms with Crippen LogP contribution in [0.25, 0.3) is 0 Å². The molecule has 1 heterocycles. The Morgan fingerprint density at radius 2 is 2.12 bits per heavy atom. The summed E-state index contributed by atoms with van der Waals surface area (Å²) in [5.74, 6) is -0.160. The molecule has 0 radical (unpaired) electrons. The van der Waals surface area contributed by atoms with Crippen LogP contribution < -0.4 is 11.3 Å². The minimum atomic E-state index is -0.410. The summed E-state index contributed by atoms with van der Waals surface area (Å²) < 4.78 is 0. The molecule has 0 atom stereocenters. The number of carbonyl (C=O) groups is 1. The van der Waals surface area contributed by atoms with Crippen molar-refractivity contribution in [3.63, 3.8) is 0 Å². The summed E-state index contributed by atoms with van der Waals surface area (Å²) in [4.78, 5) is 26.9. The number of hydrogen-bond acceptors (Lipinski definition) is 3. The van der Waals surface area contributed by atoms with Crippen molar-refractivity contribution in [3.8, 4) is 0 Å². The molecule has 0 unspecified atom stereocenters. The molecule has 5 nitrogen and oxygen atoms in total. The van der Waals surface area contributed by atoms with E-state index < -0.39 is 5.54 Å². The number of nitrogens with zero attached hydrogens (tertiary/aromatic N) is 1. The number of aromatic amines is 1. The Morgan fingerprint density at radius 1 is 1.50 bits per heavy atom. The van der Waals surface area contributed by atoms with E-state index in [1.807, 2.05) is 13.8 Å². The maximum atomic E-state index is 12.0. The van der Waals surface area contributed by atoms with Crippen LogP contribution in [-0.4, -0.2) is 34.9 Å². The van der Waals surface area contributed by atoms with E-state index in [2.05, 4.69) is 4.98 Å². The smallest absolute Gasteiger partial charge is 0.255 e. The second-order valence-electron chi connectivity index (χ2n) is 4.32. The number of likely N-dealkylation sites (N-methyl/N-ethyl adjacent to an activating group) is 1. The summed E-state index contributed by atoms with van der Waals surface area (Å²) in [7, 11) is 1.69. The maximum Gasteiger partial charge on any atom is 0.255 e. The van der Waals surface area contributed by atoms with Gasteiger partial charge in [0.2, 0.25) is 5.56 Å². The molecule has 0 saturated heterocycles. The molecule has 0 aromatic carbocycles. The van der Waals surface area contributed by atoms with Crippen LogP contribution >= 0.6 is 0 Å². The topological polar surface area (TPSA) is 79.2 Å². The highest BCUT2D eigenvalue weighted by Gasteiger charge is 2.26. The Kier molecular flexibility index (Phi) is 3.49. The lowest BCUT2D eigenvalue weighted by atomic mass is 10.0. The molecule has 0 spiro atoms. The van der Waals surface area contributed by atoms with Gasteiger partial charge in [0.1, 0.15) is 0 Å². The number of nitrogens with two attached hydrogens (primary N) is 1. The van der Waals surface area contributed by atoms with E-state index in [0.717, 1.165) is 0 Å². The Labute approximate surface area is 94.3 Å². The molecule has 0 aliphatic rings. The van der Waals surface area contributed by atoms with Crippen molar-refractivity contribution in [2.24, 2.45) is 5.73 Å². The van der Waals surface area contributed by atoms with Crippen molar-refractivity contribution in [2.75, 3.05) is 13.6 Å². The molecule has 0 aliphatic carbocycles. The van der Waals surface area contributed by atoms with E-state index in [-0.39, 0.29) is 11.5 Å². The lowest BCUT2D eigenvalue weighted by Gasteiger charge is -2.34. The predicted molar refractivity (Wildman–Crippen MR) is 62.3 cm³/mol. The minimum absolute atomic E-state index is 0.160. The number of amides is 1. The van der Waals surface area contributed by atoms with Gasteiger partial charge in [0.15, 0.2) is 0 Å². The summed E-state index contributed by atoms with van der Waals surface area (Å²) in [5.41, 5.74) is 5.41.